The van der Waals surface area contributed by atoms with Crippen molar-refractivity contribution in [3.8, 4) is 5.75 Å². The van der Waals surface area contributed by atoms with Gasteiger partial charge in [-0.1, -0.05) is 23.8 Å². The molecule has 21 heavy (non-hydrogen) atoms. The van der Waals surface area contributed by atoms with Crippen LogP contribution in [0, 0.1) is 20.8 Å². The SMILES string of the molecule is COc1cc(S(=O)(=O)Nc2ccc(C)cc2)c(C)cc1C. The topological polar surface area (TPSA) is 55.4 Å². The molecule has 0 saturated heterocycles. The van der Waals surface area contributed by atoms with E-state index in [0.717, 1.165) is 11.1 Å². The lowest BCUT2D eigenvalue weighted by atomic mass is 10.1. The van der Waals surface area contributed by atoms with Crippen LogP contribution in [0.25, 0.3) is 0 Å². The summed E-state index contributed by atoms with van der Waals surface area (Å²) in [5.41, 5.74) is 3.21. The highest BCUT2D eigenvalue weighted by Crippen LogP contribution is 2.27. The van der Waals surface area contributed by atoms with Crippen molar-refractivity contribution in [3.05, 3.63) is 53.1 Å². The van der Waals surface area contributed by atoms with E-state index in [0.29, 0.717) is 17.0 Å². The number of anilines is 1. The summed E-state index contributed by atoms with van der Waals surface area (Å²) < 4.78 is 32.8. The molecule has 2 aromatic carbocycles. The largest absolute Gasteiger partial charge is 0.496 e. The third kappa shape index (κ3) is 3.36. The van der Waals surface area contributed by atoms with Gasteiger partial charge in [0.15, 0.2) is 0 Å². The van der Waals surface area contributed by atoms with Crippen molar-refractivity contribution >= 4 is 15.7 Å². The zero-order chi connectivity index (χ0) is 15.6. The highest BCUT2D eigenvalue weighted by molar-refractivity contribution is 7.92. The van der Waals surface area contributed by atoms with E-state index in [1.54, 1.807) is 25.1 Å². The Labute approximate surface area is 125 Å². The first-order chi connectivity index (χ1) is 9.83. The van der Waals surface area contributed by atoms with E-state index in [4.69, 9.17) is 4.74 Å². The van der Waals surface area contributed by atoms with Gasteiger partial charge in [0, 0.05) is 11.8 Å². The maximum Gasteiger partial charge on any atom is 0.262 e. The predicted octanol–water partition coefficient (Wildman–Crippen LogP) is 3.42. The van der Waals surface area contributed by atoms with Gasteiger partial charge >= 0.3 is 0 Å². The minimum absolute atomic E-state index is 0.227. The second-order valence-electron chi connectivity index (χ2n) is 5.06. The molecule has 112 valence electrons. The Morgan fingerprint density at radius 3 is 2.14 bits per heavy atom. The summed E-state index contributed by atoms with van der Waals surface area (Å²) in [6, 6.07) is 10.6. The van der Waals surface area contributed by atoms with Crippen molar-refractivity contribution in [2.75, 3.05) is 11.8 Å². The lowest BCUT2D eigenvalue weighted by Gasteiger charge is -2.13. The smallest absolute Gasteiger partial charge is 0.262 e. The van der Waals surface area contributed by atoms with Crippen molar-refractivity contribution in [1.82, 2.24) is 0 Å². The molecule has 0 atom stereocenters. The number of sulfonamides is 1. The Morgan fingerprint density at radius 1 is 0.952 bits per heavy atom. The van der Waals surface area contributed by atoms with Gasteiger partial charge in [0.2, 0.25) is 0 Å². The van der Waals surface area contributed by atoms with E-state index in [-0.39, 0.29) is 4.90 Å². The second-order valence-corrected chi connectivity index (χ2v) is 6.71. The van der Waals surface area contributed by atoms with Crippen LogP contribution in [0.1, 0.15) is 16.7 Å². The predicted molar refractivity (Wildman–Crippen MR) is 84.5 cm³/mol. The molecule has 2 aromatic rings. The molecule has 0 aromatic heterocycles. The quantitative estimate of drug-likeness (QED) is 0.941. The monoisotopic (exact) mass is 305 g/mol. The minimum Gasteiger partial charge on any atom is -0.496 e. The van der Waals surface area contributed by atoms with Gasteiger partial charge < -0.3 is 4.74 Å². The number of benzene rings is 2. The molecule has 0 aliphatic carbocycles. The van der Waals surface area contributed by atoms with Gasteiger partial charge in [-0.3, -0.25) is 4.72 Å². The maximum atomic E-state index is 12.5. The Morgan fingerprint density at radius 2 is 1.57 bits per heavy atom. The Balaban J connectivity index is 2.42. The molecule has 2 rings (SSSR count). The van der Waals surface area contributed by atoms with Gasteiger partial charge in [0.1, 0.15) is 5.75 Å². The number of aryl methyl sites for hydroxylation is 3. The number of rotatable bonds is 4. The summed E-state index contributed by atoms with van der Waals surface area (Å²) in [5.74, 6) is 0.560. The third-order valence-electron chi connectivity index (χ3n) is 3.29. The van der Waals surface area contributed by atoms with Crippen LogP contribution in [-0.4, -0.2) is 15.5 Å². The van der Waals surface area contributed by atoms with Crippen LogP contribution in [0.2, 0.25) is 0 Å². The van der Waals surface area contributed by atoms with Crippen LogP contribution in [0.15, 0.2) is 41.3 Å². The average molecular weight is 305 g/mol. The molecule has 1 N–H and O–H groups in total. The number of methoxy groups -OCH3 is 1. The van der Waals surface area contributed by atoms with E-state index < -0.39 is 10.0 Å². The van der Waals surface area contributed by atoms with E-state index in [9.17, 15) is 8.42 Å². The van der Waals surface area contributed by atoms with Crippen LogP contribution in [0.4, 0.5) is 5.69 Å². The fourth-order valence-electron chi connectivity index (χ4n) is 2.15. The molecular weight excluding hydrogens is 286 g/mol. The average Bonchev–Trinajstić information content (AvgIpc) is 2.41. The zero-order valence-electron chi connectivity index (χ0n) is 12.6. The van der Waals surface area contributed by atoms with Gasteiger partial charge in [-0.2, -0.15) is 0 Å². The normalized spacial score (nSPS) is 11.2. The van der Waals surface area contributed by atoms with E-state index in [1.165, 1.54) is 7.11 Å². The molecular formula is C16H19NO3S. The fourth-order valence-corrected chi connectivity index (χ4v) is 3.46. The summed E-state index contributed by atoms with van der Waals surface area (Å²) in [5, 5.41) is 0. The Bertz CT molecular complexity index is 750. The van der Waals surface area contributed by atoms with Crippen molar-refractivity contribution in [3.63, 3.8) is 0 Å². The first-order valence-corrected chi connectivity index (χ1v) is 8.06. The minimum atomic E-state index is -3.64. The van der Waals surface area contributed by atoms with Gasteiger partial charge in [0.25, 0.3) is 10.0 Å². The summed E-state index contributed by atoms with van der Waals surface area (Å²) in [7, 11) is -2.11. The number of hydrogen-bond donors (Lipinski definition) is 1. The van der Waals surface area contributed by atoms with Crippen LogP contribution < -0.4 is 9.46 Å². The van der Waals surface area contributed by atoms with Gasteiger partial charge in [-0.05, 0) is 44.0 Å². The molecule has 0 bridgehead atoms. The molecule has 0 aliphatic rings. The van der Waals surface area contributed by atoms with E-state index in [1.807, 2.05) is 32.0 Å². The summed E-state index contributed by atoms with van der Waals surface area (Å²) >= 11 is 0. The van der Waals surface area contributed by atoms with Crippen molar-refractivity contribution in [2.24, 2.45) is 0 Å². The Hall–Kier alpha value is -2.01. The molecule has 0 saturated carbocycles. The molecule has 5 heteroatoms. The first kappa shape index (κ1) is 15.4. The molecule has 0 aliphatic heterocycles. The summed E-state index contributed by atoms with van der Waals surface area (Å²) in [6.45, 7) is 5.61. The number of nitrogens with one attached hydrogen (secondary N) is 1. The second kappa shape index (κ2) is 5.77. The fraction of sp³-hybridized carbons (Fsp3) is 0.250. The van der Waals surface area contributed by atoms with Crippen molar-refractivity contribution < 1.29 is 13.2 Å². The van der Waals surface area contributed by atoms with Crippen LogP contribution in [-0.2, 0) is 10.0 Å². The zero-order valence-corrected chi connectivity index (χ0v) is 13.4. The molecule has 0 fully saturated rings. The van der Waals surface area contributed by atoms with Gasteiger partial charge in [-0.25, -0.2) is 8.42 Å². The summed E-state index contributed by atoms with van der Waals surface area (Å²) in [6.07, 6.45) is 0. The van der Waals surface area contributed by atoms with Crippen LogP contribution >= 0.6 is 0 Å². The summed E-state index contributed by atoms with van der Waals surface area (Å²) in [4.78, 5) is 0.227. The lowest BCUT2D eigenvalue weighted by Crippen LogP contribution is -2.14. The van der Waals surface area contributed by atoms with Crippen LogP contribution in [0.3, 0.4) is 0 Å². The maximum absolute atomic E-state index is 12.5. The van der Waals surface area contributed by atoms with E-state index in [2.05, 4.69) is 4.72 Å². The van der Waals surface area contributed by atoms with Gasteiger partial charge in [-0.15, -0.1) is 0 Å². The van der Waals surface area contributed by atoms with Crippen LogP contribution in [0.5, 0.6) is 5.75 Å². The number of ether oxygens (including phenoxy) is 1. The molecule has 0 unspecified atom stereocenters. The molecule has 0 spiro atoms. The Kier molecular flexibility index (Phi) is 4.23. The lowest BCUT2D eigenvalue weighted by molar-refractivity contribution is 0.410. The first-order valence-electron chi connectivity index (χ1n) is 6.58. The molecule has 0 radical (unpaired) electrons. The number of hydrogen-bond acceptors (Lipinski definition) is 3. The van der Waals surface area contributed by atoms with E-state index >= 15 is 0 Å². The van der Waals surface area contributed by atoms with Gasteiger partial charge in [0.05, 0.1) is 12.0 Å². The highest BCUT2D eigenvalue weighted by atomic mass is 32.2. The van der Waals surface area contributed by atoms with Crippen molar-refractivity contribution in [2.45, 2.75) is 25.7 Å². The molecule has 0 heterocycles. The molecule has 0 amide bonds. The van der Waals surface area contributed by atoms with Crippen molar-refractivity contribution in [1.29, 1.82) is 0 Å². The standard InChI is InChI=1S/C16H19NO3S/c1-11-5-7-14(8-6-11)17-21(18,19)16-10-15(20-4)12(2)9-13(16)3/h5-10,17H,1-4H3. The highest BCUT2D eigenvalue weighted by Gasteiger charge is 2.19. The molecule has 4 nitrogen and oxygen atoms in total. The third-order valence-corrected chi connectivity index (χ3v) is 4.81.